The van der Waals surface area contributed by atoms with Gasteiger partial charge in [-0.05, 0) is 0 Å². The molecule has 1 aromatic rings. The Balaban J connectivity index is 0.000000162. The molecule has 0 saturated carbocycles. The average Bonchev–Trinajstić information content (AvgIpc) is 2.23. The zero-order chi connectivity index (χ0) is 5.54. The lowest BCUT2D eigenvalue weighted by Crippen LogP contribution is -1.53. The third-order valence-electron chi connectivity index (χ3n) is 0.331. The maximum atomic E-state index is 3.56. The molecule has 1 rings (SSSR count). The van der Waals surface area contributed by atoms with E-state index in [0.29, 0.717) is 0 Å². The molecule has 0 atom stereocenters. The van der Waals surface area contributed by atoms with E-state index >= 15 is 0 Å². The zero-order valence-electron chi connectivity index (χ0n) is 4.55. The zero-order valence-corrected chi connectivity index (χ0v) is 4.55. The highest BCUT2D eigenvalue weighted by molar-refractivity contribution is 4.43. The maximum absolute atomic E-state index is 3.56. The first kappa shape index (κ1) is 6.14. The summed E-state index contributed by atoms with van der Waals surface area (Å²) in [6.07, 6.45) is 2.96. The molecule has 7 heavy (non-hydrogen) atoms. The van der Waals surface area contributed by atoms with Crippen molar-refractivity contribution < 1.29 is 0 Å². The van der Waals surface area contributed by atoms with Gasteiger partial charge >= 0.3 is 0 Å². The van der Waals surface area contributed by atoms with Gasteiger partial charge in [-0.2, -0.15) is 5.10 Å². The highest BCUT2D eigenvalue weighted by Gasteiger charge is 1.57. The fraction of sp³-hybridized carbons (Fsp3) is 0.500. The lowest BCUT2D eigenvalue weighted by molar-refractivity contribution is 1.09. The number of H-pyrrole nitrogens is 1. The maximum Gasteiger partial charge on any atom is 0.137 e. The smallest absolute Gasteiger partial charge is 0.137 e. The second kappa shape index (κ2) is 5.14. The van der Waals surface area contributed by atoms with Crippen LogP contribution in [0, 0.1) is 0 Å². The standard InChI is InChI=1S/C2H3N3.C2H6/c1-3-2-5-4-1;1-2/h1-2H,(H,3,4,5);1-2H3. The van der Waals surface area contributed by atoms with Crippen molar-refractivity contribution in [2.75, 3.05) is 0 Å². The Morgan fingerprint density at radius 2 is 2.14 bits per heavy atom. The summed E-state index contributed by atoms with van der Waals surface area (Å²) in [6.45, 7) is 4.00. The van der Waals surface area contributed by atoms with E-state index in [1.165, 1.54) is 12.7 Å². The molecule has 0 bridgehead atoms. The van der Waals surface area contributed by atoms with Gasteiger partial charge in [-0.3, -0.25) is 5.10 Å². The highest BCUT2D eigenvalue weighted by Crippen LogP contribution is 1.53. The van der Waals surface area contributed by atoms with Crippen LogP contribution in [0.1, 0.15) is 13.8 Å². The van der Waals surface area contributed by atoms with Crippen LogP contribution in [-0.2, 0) is 0 Å². The van der Waals surface area contributed by atoms with Crippen LogP contribution in [0.25, 0.3) is 0 Å². The van der Waals surface area contributed by atoms with Gasteiger partial charge < -0.3 is 0 Å². The van der Waals surface area contributed by atoms with E-state index in [4.69, 9.17) is 0 Å². The molecule has 0 amide bonds. The summed E-state index contributed by atoms with van der Waals surface area (Å²) >= 11 is 0. The van der Waals surface area contributed by atoms with Crippen molar-refractivity contribution in [3.63, 3.8) is 0 Å². The van der Waals surface area contributed by atoms with Crippen molar-refractivity contribution >= 4 is 0 Å². The van der Waals surface area contributed by atoms with E-state index in [2.05, 4.69) is 15.2 Å². The molecule has 1 N–H and O–H groups in total. The summed E-state index contributed by atoms with van der Waals surface area (Å²) in [7, 11) is 0. The SMILES string of the molecule is CC.c1nc[nH]n1. The van der Waals surface area contributed by atoms with Crippen molar-refractivity contribution in [1.29, 1.82) is 0 Å². The number of hydrogen-bond acceptors (Lipinski definition) is 2. The Morgan fingerprint density at radius 3 is 2.29 bits per heavy atom. The number of aromatic nitrogens is 3. The molecule has 40 valence electrons. The number of rotatable bonds is 0. The van der Waals surface area contributed by atoms with Crippen LogP contribution in [0.2, 0.25) is 0 Å². The molecule has 0 aliphatic carbocycles. The second-order valence-corrected chi connectivity index (χ2v) is 0.652. The molecule has 0 spiro atoms. The van der Waals surface area contributed by atoms with E-state index in [1.54, 1.807) is 0 Å². The van der Waals surface area contributed by atoms with E-state index in [-0.39, 0.29) is 0 Å². The second-order valence-electron chi connectivity index (χ2n) is 0.652. The summed E-state index contributed by atoms with van der Waals surface area (Å²) in [6, 6.07) is 0. The van der Waals surface area contributed by atoms with Crippen LogP contribution >= 0.6 is 0 Å². The van der Waals surface area contributed by atoms with Crippen LogP contribution in [0.5, 0.6) is 0 Å². The van der Waals surface area contributed by atoms with Crippen molar-refractivity contribution in [3.8, 4) is 0 Å². The minimum absolute atomic E-state index is 1.44. The number of nitrogens with zero attached hydrogens (tertiary/aromatic N) is 2. The van der Waals surface area contributed by atoms with Crippen molar-refractivity contribution in [3.05, 3.63) is 12.7 Å². The Bertz CT molecular complexity index is 63.4. The quantitative estimate of drug-likeness (QED) is 0.523. The van der Waals surface area contributed by atoms with E-state index in [1.807, 2.05) is 13.8 Å². The van der Waals surface area contributed by atoms with E-state index in [0.717, 1.165) is 0 Å². The third kappa shape index (κ3) is 2.96. The summed E-state index contributed by atoms with van der Waals surface area (Å²) < 4.78 is 0. The Kier molecular flexibility index (Phi) is 4.51. The minimum atomic E-state index is 1.44. The number of hydrogen-bond donors (Lipinski definition) is 1. The summed E-state index contributed by atoms with van der Waals surface area (Å²) in [5.41, 5.74) is 0. The highest BCUT2D eigenvalue weighted by atomic mass is 15.2. The van der Waals surface area contributed by atoms with Gasteiger partial charge in [0.15, 0.2) is 0 Å². The van der Waals surface area contributed by atoms with Gasteiger partial charge in [-0.1, -0.05) is 13.8 Å². The van der Waals surface area contributed by atoms with Crippen molar-refractivity contribution in [1.82, 2.24) is 15.2 Å². The fourth-order valence-corrected chi connectivity index (χ4v) is 0.167. The molecule has 3 nitrogen and oxygen atoms in total. The molecular weight excluding hydrogens is 90.1 g/mol. The third-order valence-corrected chi connectivity index (χ3v) is 0.331. The lowest BCUT2D eigenvalue weighted by atomic mass is 11.0. The van der Waals surface area contributed by atoms with Gasteiger partial charge in [0.25, 0.3) is 0 Å². The monoisotopic (exact) mass is 99.1 g/mol. The molecule has 0 aromatic carbocycles. The fourth-order valence-electron chi connectivity index (χ4n) is 0.167. The molecule has 0 radical (unpaired) electrons. The van der Waals surface area contributed by atoms with Crippen LogP contribution in [0.15, 0.2) is 12.7 Å². The Hall–Kier alpha value is -0.860. The topological polar surface area (TPSA) is 41.6 Å². The molecule has 0 fully saturated rings. The molecule has 1 heterocycles. The summed E-state index contributed by atoms with van der Waals surface area (Å²) in [5.74, 6) is 0. The van der Waals surface area contributed by atoms with Crippen LogP contribution in [-0.4, -0.2) is 15.2 Å². The average molecular weight is 99.1 g/mol. The molecule has 3 heteroatoms. The molecular formula is C4H9N3. The summed E-state index contributed by atoms with van der Waals surface area (Å²) in [4.78, 5) is 3.56. The van der Waals surface area contributed by atoms with Gasteiger partial charge in [0.05, 0.1) is 0 Å². The van der Waals surface area contributed by atoms with Gasteiger partial charge in [0, 0.05) is 0 Å². The van der Waals surface area contributed by atoms with Gasteiger partial charge in [0.2, 0.25) is 0 Å². The van der Waals surface area contributed by atoms with Crippen LogP contribution in [0.4, 0.5) is 0 Å². The van der Waals surface area contributed by atoms with Crippen molar-refractivity contribution in [2.45, 2.75) is 13.8 Å². The van der Waals surface area contributed by atoms with Crippen LogP contribution < -0.4 is 0 Å². The van der Waals surface area contributed by atoms with Gasteiger partial charge in [-0.15, -0.1) is 0 Å². The Morgan fingerprint density at radius 1 is 1.43 bits per heavy atom. The first-order chi connectivity index (χ1) is 3.50. The predicted octanol–water partition coefficient (Wildman–Crippen LogP) is 0.831. The molecule has 0 aliphatic heterocycles. The van der Waals surface area contributed by atoms with E-state index < -0.39 is 0 Å². The molecule has 0 unspecified atom stereocenters. The first-order valence-corrected chi connectivity index (χ1v) is 2.29. The van der Waals surface area contributed by atoms with E-state index in [9.17, 15) is 0 Å². The normalized spacial score (nSPS) is 6.57. The predicted molar refractivity (Wildman–Crippen MR) is 27.7 cm³/mol. The van der Waals surface area contributed by atoms with Gasteiger partial charge in [-0.25, -0.2) is 4.98 Å². The largest absolute Gasteiger partial charge is 0.266 e. The molecule has 0 aliphatic rings. The number of aromatic amines is 1. The van der Waals surface area contributed by atoms with Gasteiger partial charge in [0.1, 0.15) is 12.7 Å². The first-order valence-electron chi connectivity index (χ1n) is 2.29. The summed E-state index contributed by atoms with van der Waals surface area (Å²) in [5, 5.41) is 5.99. The molecule has 0 saturated heterocycles. The van der Waals surface area contributed by atoms with Crippen molar-refractivity contribution in [2.24, 2.45) is 0 Å². The molecule has 1 aromatic heterocycles. The number of nitrogens with one attached hydrogen (secondary N) is 1. The van der Waals surface area contributed by atoms with Crippen LogP contribution in [0.3, 0.4) is 0 Å². The lowest BCUT2D eigenvalue weighted by Gasteiger charge is -1.46. The Labute approximate surface area is 42.8 Å². The minimum Gasteiger partial charge on any atom is -0.266 e.